The van der Waals surface area contributed by atoms with Gasteiger partial charge in [-0.2, -0.15) is 0 Å². The minimum absolute atomic E-state index is 0.411. The van der Waals surface area contributed by atoms with Crippen molar-refractivity contribution < 1.29 is 9.90 Å². The summed E-state index contributed by atoms with van der Waals surface area (Å²) in [4.78, 5) is 10.4. The minimum Gasteiger partial charge on any atom is -0.481 e. The third-order valence-electron chi connectivity index (χ3n) is 2.01. The van der Waals surface area contributed by atoms with Crippen molar-refractivity contribution in [3.63, 3.8) is 0 Å². The molecule has 71 valence electrons. The second-order valence-corrected chi connectivity index (χ2v) is 3.24. The van der Waals surface area contributed by atoms with Gasteiger partial charge in [0.15, 0.2) is 0 Å². The first kappa shape index (κ1) is 11.5. The quantitative estimate of drug-likeness (QED) is 0.598. The maximum absolute atomic E-state index is 10.4. The van der Waals surface area contributed by atoms with E-state index in [1.165, 1.54) is 19.3 Å². The molecule has 0 fully saturated rings. The highest BCUT2D eigenvalue weighted by Gasteiger charge is 2.09. The zero-order valence-electron chi connectivity index (χ0n) is 7.88. The van der Waals surface area contributed by atoms with Crippen molar-refractivity contribution in [3.8, 4) is 0 Å². The molecule has 0 aromatic carbocycles. The van der Waals surface area contributed by atoms with Crippen LogP contribution in [-0.4, -0.2) is 11.1 Å². The molecule has 0 aliphatic rings. The predicted molar refractivity (Wildman–Crippen MR) is 49.9 cm³/mol. The fourth-order valence-corrected chi connectivity index (χ4v) is 1.12. The van der Waals surface area contributed by atoms with E-state index >= 15 is 0 Å². The second kappa shape index (κ2) is 7.14. The Labute approximate surface area is 75.0 Å². The zero-order valence-corrected chi connectivity index (χ0v) is 7.88. The van der Waals surface area contributed by atoms with Gasteiger partial charge in [0.25, 0.3) is 0 Å². The molecule has 2 heteroatoms. The van der Waals surface area contributed by atoms with E-state index in [2.05, 4.69) is 13.8 Å². The molecule has 1 unspecified atom stereocenters. The van der Waals surface area contributed by atoms with Gasteiger partial charge in [-0.3, -0.25) is 4.79 Å². The van der Waals surface area contributed by atoms with Gasteiger partial charge in [0.05, 0.1) is 5.92 Å². The lowest BCUT2D eigenvalue weighted by Crippen LogP contribution is -2.09. The molecule has 1 radical (unpaired) electrons. The van der Waals surface area contributed by atoms with E-state index in [-0.39, 0.29) is 0 Å². The number of unbranched alkanes of at least 4 members (excludes halogenated alkanes) is 4. The molecule has 1 N–H and O–H groups in total. The molecule has 0 saturated carbocycles. The molecular formula is C10H19O2. The monoisotopic (exact) mass is 171 g/mol. The summed E-state index contributed by atoms with van der Waals surface area (Å²) in [5, 5.41) is 8.52. The second-order valence-electron chi connectivity index (χ2n) is 3.24. The van der Waals surface area contributed by atoms with Crippen LogP contribution in [0.25, 0.3) is 0 Å². The first-order chi connectivity index (χ1) is 5.68. The van der Waals surface area contributed by atoms with Crippen LogP contribution >= 0.6 is 0 Å². The molecule has 0 heterocycles. The molecule has 0 aliphatic heterocycles. The highest BCUT2D eigenvalue weighted by Crippen LogP contribution is 2.10. The Morgan fingerprint density at radius 3 is 2.42 bits per heavy atom. The van der Waals surface area contributed by atoms with Gasteiger partial charge in [-0.1, -0.05) is 39.0 Å². The number of carboxylic acid groups (broad SMARTS) is 1. The molecule has 0 amide bonds. The van der Waals surface area contributed by atoms with Crippen LogP contribution in [0.2, 0.25) is 0 Å². The van der Waals surface area contributed by atoms with E-state index in [1.54, 1.807) is 0 Å². The SMILES string of the molecule is [CH2]C(CCCCCCC)C(=O)O. The van der Waals surface area contributed by atoms with Crippen molar-refractivity contribution in [1.82, 2.24) is 0 Å². The van der Waals surface area contributed by atoms with Crippen LogP contribution in [0.15, 0.2) is 0 Å². The number of hydrogen-bond acceptors (Lipinski definition) is 1. The summed E-state index contributed by atoms with van der Waals surface area (Å²) in [7, 11) is 0. The van der Waals surface area contributed by atoms with Gasteiger partial charge < -0.3 is 5.11 Å². The molecule has 0 saturated heterocycles. The lowest BCUT2D eigenvalue weighted by atomic mass is 10.0. The van der Waals surface area contributed by atoms with E-state index in [1.807, 2.05) is 0 Å². The van der Waals surface area contributed by atoms with Gasteiger partial charge in [-0.15, -0.1) is 0 Å². The smallest absolute Gasteiger partial charge is 0.306 e. The summed E-state index contributed by atoms with van der Waals surface area (Å²) < 4.78 is 0. The molecule has 0 spiro atoms. The van der Waals surface area contributed by atoms with E-state index in [0.29, 0.717) is 0 Å². The first-order valence-electron chi connectivity index (χ1n) is 4.74. The highest BCUT2D eigenvalue weighted by atomic mass is 16.4. The van der Waals surface area contributed by atoms with Crippen LogP contribution in [0.3, 0.4) is 0 Å². The maximum Gasteiger partial charge on any atom is 0.306 e. The van der Waals surface area contributed by atoms with E-state index < -0.39 is 11.9 Å². The predicted octanol–water partition coefficient (Wildman–Crippen LogP) is 2.88. The van der Waals surface area contributed by atoms with Gasteiger partial charge in [0, 0.05) is 0 Å². The number of carboxylic acids is 1. The van der Waals surface area contributed by atoms with Crippen molar-refractivity contribution in [2.24, 2.45) is 5.92 Å². The molecule has 0 aromatic heterocycles. The lowest BCUT2D eigenvalue weighted by molar-refractivity contribution is -0.140. The molecule has 1 atom stereocenters. The van der Waals surface area contributed by atoms with Crippen molar-refractivity contribution in [1.29, 1.82) is 0 Å². The lowest BCUT2D eigenvalue weighted by Gasteiger charge is -2.04. The van der Waals surface area contributed by atoms with Crippen molar-refractivity contribution >= 4 is 5.97 Å². The van der Waals surface area contributed by atoms with Crippen LogP contribution in [0.5, 0.6) is 0 Å². The summed E-state index contributed by atoms with van der Waals surface area (Å²) in [6.45, 7) is 5.72. The van der Waals surface area contributed by atoms with Gasteiger partial charge in [-0.05, 0) is 13.3 Å². The Balaban J connectivity index is 3.14. The third kappa shape index (κ3) is 6.20. The van der Waals surface area contributed by atoms with E-state index in [0.717, 1.165) is 19.3 Å². The van der Waals surface area contributed by atoms with Crippen LogP contribution in [0.1, 0.15) is 45.4 Å². The van der Waals surface area contributed by atoms with E-state index in [9.17, 15) is 4.79 Å². The average molecular weight is 171 g/mol. The number of aliphatic carboxylic acids is 1. The Morgan fingerprint density at radius 2 is 1.92 bits per heavy atom. The van der Waals surface area contributed by atoms with Crippen LogP contribution in [0.4, 0.5) is 0 Å². The molecular weight excluding hydrogens is 152 g/mol. The normalized spacial score (nSPS) is 12.8. The fourth-order valence-electron chi connectivity index (χ4n) is 1.12. The van der Waals surface area contributed by atoms with Gasteiger partial charge in [0.1, 0.15) is 0 Å². The molecule has 0 bridgehead atoms. The van der Waals surface area contributed by atoms with Gasteiger partial charge >= 0.3 is 5.97 Å². The van der Waals surface area contributed by atoms with E-state index in [4.69, 9.17) is 5.11 Å². The Bertz CT molecular complexity index is 121. The summed E-state index contributed by atoms with van der Waals surface area (Å²) in [6.07, 6.45) is 6.58. The minimum atomic E-state index is -0.773. The highest BCUT2D eigenvalue weighted by molar-refractivity contribution is 5.70. The topological polar surface area (TPSA) is 37.3 Å². The van der Waals surface area contributed by atoms with Crippen molar-refractivity contribution in [2.75, 3.05) is 0 Å². The summed E-state index contributed by atoms with van der Waals surface area (Å²) in [5.41, 5.74) is 0. The fraction of sp³-hybridized carbons (Fsp3) is 0.800. The molecule has 0 aromatic rings. The number of rotatable bonds is 7. The standard InChI is InChI=1S/C10H19O2/c1-3-4-5-6-7-8-9(2)10(11)12/h9H,2-8H2,1H3,(H,11,12). The summed E-state index contributed by atoms with van der Waals surface area (Å²) in [5.74, 6) is -1.18. The third-order valence-corrected chi connectivity index (χ3v) is 2.01. The Morgan fingerprint density at radius 1 is 1.33 bits per heavy atom. The molecule has 0 rings (SSSR count). The summed E-state index contributed by atoms with van der Waals surface area (Å²) >= 11 is 0. The first-order valence-corrected chi connectivity index (χ1v) is 4.74. The van der Waals surface area contributed by atoms with Crippen molar-refractivity contribution in [2.45, 2.75) is 45.4 Å². The largest absolute Gasteiger partial charge is 0.481 e. The maximum atomic E-state index is 10.4. The summed E-state index contributed by atoms with van der Waals surface area (Å²) in [6, 6.07) is 0. The average Bonchev–Trinajstić information content (AvgIpc) is 2.03. The Hall–Kier alpha value is -0.530. The van der Waals surface area contributed by atoms with Gasteiger partial charge in [0.2, 0.25) is 0 Å². The van der Waals surface area contributed by atoms with Crippen LogP contribution < -0.4 is 0 Å². The van der Waals surface area contributed by atoms with Crippen molar-refractivity contribution in [3.05, 3.63) is 6.92 Å². The zero-order chi connectivity index (χ0) is 9.40. The van der Waals surface area contributed by atoms with Gasteiger partial charge in [-0.25, -0.2) is 0 Å². The number of hydrogen-bond donors (Lipinski definition) is 1. The molecule has 2 nitrogen and oxygen atoms in total. The Kier molecular flexibility index (Phi) is 6.82. The molecule has 12 heavy (non-hydrogen) atoms. The van der Waals surface area contributed by atoms with Crippen LogP contribution in [0, 0.1) is 12.8 Å². The number of carbonyl (C=O) groups is 1. The molecule has 0 aliphatic carbocycles. The van der Waals surface area contributed by atoms with Crippen LogP contribution in [-0.2, 0) is 4.79 Å².